The summed E-state index contributed by atoms with van der Waals surface area (Å²) in [4.78, 5) is 61.5. The standard InChI is InChI=1S/C20H17NO9/c1-9(22)28-19(29-10(2)23)20-8-7-13(30-20)14-15(20)17(25)21(16(14)24)12-5-3-11(4-6-12)18(26)27/h3-8,13-15,19H,1-2H3,(H,26,27)/t13-,14-,15+,20-/m0/s1. The second-order valence-corrected chi connectivity index (χ2v) is 7.21. The Hall–Kier alpha value is -3.53. The predicted octanol–water partition coefficient (Wildman–Crippen LogP) is 0.650. The summed E-state index contributed by atoms with van der Waals surface area (Å²) >= 11 is 0. The number of imide groups is 1. The zero-order valence-electron chi connectivity index (χ0n) is 15.9. The molecule has 10 nitrogen and oxygen atoms in total. The minimum Gasteiger partial charge on any atom is -0.478 e. The second kappa shape index (κ2) is 6.77. The third kappa shape index (κ3) is 2.79. The average molecular weight is 415 g/mol. The fourth-order valence-electron chi connectivity index (χ4n) is 4.22. The topological polar surface area (TPSA) is 137 Å². The molecular formula is C20H17NO9. The molecule has 2 amide bonds. The van der Waals surface area contributed by atoms with Crippen LogP contribution < -0.4 is 4.90 Å². The molecule has 0 aliphatic carbocycles. The Kier molecular flexibility index (Phi) is 4.46. The van der Waals surface area contributed by atoms with Gasteiger partial charge in [0.2, 0.25) is 11.8 Å². The van der Waals surface area contributed by atoms with Crippen molar-refractivity contribution in [3.05, 3.63) is 42.0 Å². The molecule has 2 bridgehead atoms. The number of benzene rings is 1. The smallest absolute Gasteiger partial charge is 0.335 e. The molecule has 0 spiro atoms. The van der Waals surface area contributed by atoms with Crippen LogP contribution in [0.3, 0.4) is 0 Å². The number of aromatic carboxylic acids is 1. The Morgan fingerprint density at radius 1 is 1.07 bits per heavy atom. The molecule has 0 unspecified atom stereocenters. The molecule has 4 rings (SSSR count). The van der Waals surface area contributed by atoms with Crippen LogP contribution in [0.25, 0.3) is 0 Å². The molecule has 3 heterocycles. The SMILES string of the molecule is CC(=O)OC(OC(C)=O)[C@@]12C=C[C@H](O1)[C@@H]1C(=O)N(c3ccc(C(=O)O)cc3)C(=O)[C@@H]12. The molecule has 30 heavy (non-hydrogen) atoms. The fraction of sp³-hybridized carbons (Fsp3) is 0.350. The van der Waals surface area contributed by atoms with Gasteiger partial charge in [-0.2, -0.15) is 0 Å². The summed E-state index contributed by atoms with van der Waals surface area (Å²) in [5, 5.41) is 9.04. The molecule has 156 valence electrons. The zero-order chi connectivity index (χ0) is 21.8. The second-order valence-electron chi connectivity index (χ2n) is 7.21. The van der Waals surface area contributed by atoms with E-state index in [0.29, 0.717) is 0 Å². The quantitative estimate of drug-likeness (QED) is 0.318. The van der Waals surface area contributed by atoms with Crippen LogP contribution in [0.4, 0.5) is 5.69 Å². The largest absolute Gasteiger partial charge is 0.478 e. The summed E-state index contributed by atoms with van der Waals surface area (Å²) < 4.78 is 16.1. The molecule has 0 aromatic heterocycles. The number of hydrogen-bond acceptors (Lipinski definition) is 8. The third-order valence-corrected chi connectivity index (χ3v) is 5.36. The van der Waals surface area contributed by atoms with Gasteiger partial charge in [0.25, 0.3) is 6.29 Å². The van der Waals surface area contributed by atoms with Gasteiger partial charge in [-0.15, -0.1) is 0 Å². The first-order valence-corrected chi connectivity index (χ1v) is 9.08. The number of rotatable bonds is 5. The highest BCUT2D eigenvalue weighted by Gasteiger charge is 2.72. The van der Waals surface area contributed by atoms with Gasteiger partial charge in [0.15, 0.2) is 5.60 Å². The van der Waals surface area contributed by atoms with E-state index in [2.05, 4.69) is 0 Å². The van der Waals surface area contributed by atoms with Crippen molar-refractivity contribution in [2.75, 3.05) is 4.90 Å². The fourth-order valence-corrected chi connectivity index (χ4v) is 4.22. The number of carboxylic acid groups (broad SMARTS) is 1. The summed E-state index contributed by atoms with van der Waals surface area (Å²) in [7, 11) is 0. The highest BCUT2D eigenvalue weighted by Crippen LogP contribution is 2.54. The van der Waals surface area contributed by atoms with Crippen LogP contribution in [0.2, 0.25) is 0 Å². The van der Waals surface area contributed by atoms with Crippen molar-refractivity contribution in [2.45, 2.75) is 31.8 Å². The highest BCUT2D eigenvalue weighted by atomic mass is 16.7. The van der Waals surface area contributed by atoms with Gasteiger partial charge < -0.3 is 19.3 Å². The monoisotopic (exact) mass is 415 g/mol. The zero-order valence-corrected chi connectivity index (χ0v) is 15.9. The molecule has 1 aromatic rings. The van der Waals surface area contributed by atoms with E-state index in [4.69, 9.17) is 19.3 Å². The maximum atomic E-state index is 13.3. The van der Waals surface area contributed by atoms with Gasteiger partial charge in [0.1, 0.15) is 0 Å². The predicted molar refractivity (Wildman–Crippen MR) is 96.9 cm³/mol. The molecule has 0 radical (unpaired) electrons. The Morgan fingerprint density at radius 3 is 2.20 bits per heavy atom. The first-order chi connectivity index (χ1) is 14.2. The van der Waals surface area contributed by atoms with Crippen LogP contribution in [-0.4, -0.2) is 52.8 Å². The van der Waals surface area contributed by atoms with E-state index in [9.17, 15) is 24.0 Å². The van der Waals surface area contributed by atoms with Gasteiger partial charge in [-0.1, -0.05) is 6.08 Å². The molecule has 10 heteroatoms. The van der Waals surface area contributed by atoms with Gasteiger partial charge >= 0.3 is 17.9 Å². The van der Waals surface area contributed by atoms with Crippen molar-refractivity contribution < 1.29 is 43.3 Å². The van der Waals surface area contributed by atoms with Crippen LogP contribution in [-0.2, 0) is 33.4 Å². The summed E-state index contributed by atoms with van der Waals surface area (Å²) in [5.41, 5.74) is -1.42. The Labute approximate surface area is 170 Å². The lowest BCUT2D eigenvalue weighted by Crippen LogP contribution is -2.52. The lowest BCUT2D eigenvalue weighted by molar-refractivity contribution is -0.226. The number of amides is 2. The van der Waals surface area contributed by atoms with E-state index < -0.39 is 59.6 Å². The molecule has 2 fully saturated rings. The van der Waals surface area contributed by atoms with E-state index in [1.165, 1.54) is 30.3 Å². The van der Waals surface area contributed by atoms with Gasteiger partial charge in [-0.25, -0.2) is 9.69 Å². The van der Waals surface area contributed by atoms with Crippen LogP contribution in [0.15, 0.2) is 36.4 Å². The molecular weight excluding hydrogens is 398 g/mol. The molecule has 4 atom stereocenters. The van der Waals surface area contributed by atoms with Crippen LogP contribution in [0.1, 0.15) is 24.2 Å². The number of carbonyl (C=O) groups excluding carboxylic acids is 4. The van der Waals surface area contributed by atoms with Crippen molar-refractivity contribution in [2.24, 2.45) is 11.8 Å². The van der Waals surface area contributed by atoms with Gasteiger partial charge in [-0.3, -0.25) is 19.2 Å². The number of ether oxygens (including phenoxy) is 3. The maximum Gasteiger partial charge on any atom is 0.335 e. The number of esters is 2. The number of fused-ring (bicyclic) bond motifs is 5. The highest BCUT2D eigenvalue weighted by molar-refractivity contribution is 6.23. The lowest BCUT2D eigenvalue weighted by atomic mass is 9.76. The van der Waals surface area contributed by atoms with Crippen molar-refractivity contribution in [1.82, 2.24) is 0 Å². The third-order valence-electron chi connectivity index (χ3n) is 5.36. The Balaban J connectivity index is 1.71. The summed E-state index contributed by atoms with van der Waals surface area (Å²) in [6, 6.07) is 5.29. The van der Waals surface area contributed by atoms with Crippen molar-refractivity contribution in [1.29, 1.82) is 0 Å². The number of carboxylic acids is 1. The van der Waals surface area contributed by atoms with Gasteiger partial charge in [0.05, 0.1) is 29.2 Å². The number of hydrogen-bond donors (Lipinski definition) is 1. The molecule has 3 aliphatic rings. The summed E-state index contributed by atoms with van der Waals surface area (Å²) in [5.74, 6) is -5.77. The number of anilines is 1. The minimum atomic E-state index is -1.63. The molecule has 3 aliphatic heterocycles. The van der Waals surface area contributed by atoms with Crippen LogP contribution in [0, 0.1) is 11.8 Å². The molecule has 1 N–H and O–H groups in total. The van der Waals surface area contributed by atoms with Gasteiger partial charge in [-0.05, 0) is 30.3 Å². The maximum absolute atomic E-state index is 13.3. The Bertz CT molecular complexity index is 982. The van der Waals surface area contributed by atoms with E-state index in [-0.39, 0.29) is 11.3 Å². The molecule has 0 saturated carbocycles. The van der Waals surface area contributed by atoms with Crippen molar-refractivity contribution >= 4 is 35.4 Å². The minimum absolute atomic E-state index is 0.00404. The summed E-state index contributed by atoms with van der Waals surface area (Å²) in [6.45, 7) is 2.24. The van der Waals surface area contributed by atoms with E-state index in [0.717, 1.165) is 18.7 Å². The molecule has 2 saturated heterocycles. The first-order valence-electron chi connectivity index (χ1n) is 9.08. The van der Waals surface area contributed by atoms with E-state index in [1.807, 2.05) is 0 Å². The van der Waals surface area contributed by atoms with Crippen molar-refractivity contribution in [3.63, 3.8) is 0 Å². The number of nitrogens with zero attached hydrogens (tertiary/aromatic N) is 1. The molecule has 1 aromatic carbocycles. The average Bonchev–Trinajstić information content (AvgIpc) is 3.32. The van der Waals surface area contributed by atoms with Crippen LogP contribution >= 0.6 is 0 Å². The van der Waals surface area contributed by atoms with Crippen LogP contribution in [0.5, 0.6) is 0 Å². The lowest BCUT2D eigenvalue weighted by Gasteiger charge is -2.34. The van der Waals surface area contributed by atoms with Crippen molar-refractivity contribution in [3.8, 4) is 0 Å². The van der Waals surface area contributed by atoms with E-state index in [1.54, 1.807) is 6.08 Å². The Morgan fingerprint density at radius 2 is 1.67 bits per heavy atom. The summed E-state index contributed by atoms with van der Waals surface area (Å²) in [6.07, 6.45) is 0.749. The number of carbonyl (C=O) groups is 5. The van der Waals surface area contributed by atoms with E-state index >= 15 is 0 Å². The normalized spacial score (nSPS) is 28.8. The van der Waals surface area contributed by atoms with Gasteiger partial charge in [0, 0.05) is 13.8 Å². The first kappa shape index (κ1) is 19.8.